The summed E-state index contributed by atoms with van der Waals surface area (Å²) < 4.78 is 0. The molecule has 0 spiro atoms. The van der Waals surface area contributed by atoms with Gasteiger partial charge in [0.2, 0.25) is 0 Å². The van der Waals surface area contributed by atoms with Gasteiger partial charge in [-0.25, -0.2) is 0 Å². The summed E-state index contributed by atoms with van der Waals surface area (Å²) in [5.74, 6) is 0. The third-order valence-corrected chi connectivity index (χ3v) is 4.10. The van der Waals surface area contributed by atoms with Crippen LogP contribution in [0.15, 0.2) is 0 Å². The molecule has 0 bridgehead atoms. The number of hydrogen-bond acceptors (Lipinski definition) is 1. The van der Waals surface area contributed by atoms with Crippen molar-refractivity contribution in [3.8, 4) is 0 Å². The molecule has 0 aliphatic carbocycles. The number of thiocarbonyl (C=S) groups is 1. The van der Waals surface area contributed by atoms with Gasteiger partial charge in [-0.05, 0) is 23.7 Å². The SMILES string of the molecule is CCC(C)(C)C(=S)C(C)(C)CC. The van der Waals surface area contributed by atoms with Crippen LogP contribution >= 0.6 is 12.2 Å². The van der Waals surface area contributed by atoms with E-state index in [1.165, 1.54) is 4.86 Å². The van der Waals surface area contributed by atoms with Gasteiger partial charge in [-0.1, -0.05) is 53.8 Å². The Bertz CT molecular complexity index is 148. The summed E-state index contributed by atoms with van der Waals surface area (Å²) in [6, 6.07) is 0. The normalized spacial score (nSPS) is 13.2. The molecule has 0 rings (SSSR count). The summed E-state index contributed by atoms with van der Waals surface area (Å²) in [6.07, 6.45) is 2.27. The minimum atomic E-state index is 0.217. The molecule has 0 amide bonds. The quantitative estimate of drug-likeness (QED) is 0.592. The third kappa shape index (κ3) is 2.55. The van der Waals surface area contributed by atoms with Crippen molar-refractivity contribution in [1.82, 2.24) is 0 Å². The third-order valence-electron chi connectivity index (χ3n) is 3.00. The van der Waals surface area contributed by atoms with Crippen molar-refractivity contribution in [2.75, 3.05) is 0 Å². The second kappa shape index (κ2) is 3.87. The minimum absolute atomic E-state index is 0.217. The molecule has 0 unspecified atom stereocenters. The first-order chi connectivity index (χ1) is 5.28. The molecular formula is C11H22S. The van der Waals surface area contributed by atoms with Gasteiger partial charge < -0.3 is 0 Å². The fourth-order valence-electron chi connectivity index (χ4n) is 1.24. The van der Waals surface area contributed by atoms with Gasteiger partial charge in [-0.3, -0.25) is 0 Å². The Balaban J connectivity index is 4.60. The fraction of sp³-hybridized carbons (Fsp3) is 0.909. The molecule has 12 heavy (non-hydrogen) atoms. The molecule has 0 nitrogen and oxygen atoms in total. The first-order valence-corrected chi connectivity index (χ1v) is 5.23. The van der Waals surface area contributed by atoms with Gasteiger partial charge in [-0.2, -0.15) is 0 Å². The average molecular weight is 186 g/mol. The fourth-order valence-corrected chi connectivity index (χ4v) is 1.53. The van der Waals surface area contributed by atoms with Gasteiger partial charge in [0.15, 0.2) is 0 Å². The van der Waals surface area contributed by atoms with E-state index in [0.717, 1.165) is 12.8 Å². The van der Waals surface area contributed by atoms with E-state index in [2.05, 4.69) is 41.5 Å². The van der Waals surface area contributed by atoms with Crippen LogP contribution in [0.25, 0.3) is 0 Å². The summed E-state index contributed by atoms with van der Waals surface area (Å²) in [6.45, 7) is 13.4. The molecule has 0 aromatic rings. The van der Waals surface area contributed by atoms with Gasteiger partial charge in [0.1, 0.15) is 0 Å². The Labute approximate surface area is 82.7 Å². The largest absolute Gasteiger partial charge is 0.0885 e. The highest BCUT2D eigenvalue weighted by molar-refractivity contribution is 7.80. The van der Waals surface area contributed by atoms with Crippen molar-refractivity contribution in [1.29, 1.82) is 0 Å². The van der Waals surface area contributed by atoms with E-state index in [1.54, 1.807) is 0 Å². The van der Waals surface area contributed by atoms with Crippen LogP contribution in [0.1, 0.15) is 54.4 Å². The average Bonchev–Trinajstić information content (AvgIpc) is 2.03. The molecule has 0 aromatic heterocycles. The molecule has 1 heteroatoms. The monoisotopic (exact) mass is 186 g/mol. The van der Waals surface area contributed by atoms with Crippen molar-refractivity contribution in [3.05, 3.63) is 0 Å². The zero-order valence-corrected chi connectivity index (χ0v) is 10.1. The van der Waals surface area contributed by atoms with Crippen molar-refractivity contribution in [3.63, 3.8) is 0 Å². The maximum Gasteiger partial charge on any atom is 0.00407 e. The van der Waals surface area contributed by atoms with E-state index in [9.17, 15) is 0 Å². The summed E-state index contributed by atoms with van der Waals surface area (Å²) in [5.41, 5.74) is 0.434. The van der Waals surface area contributed by atoms with Gasteiger partial charge in [0.25, 0.3) is 0 Å². The Hall–Kier alpha value is 0.0900. The standard InChI is InChI=1S/C11H22S/c1-7-10(3,4)9(12)11(5,6)8-2/h7-8H2,1-6H3. The summed E-state index contributed by atoms with van der Waals surface area (Å²) in [4.78, 5) is 1.22. The molecule has 0 saturated heterocycles. The van der Waals surface area contributed by atoms with Gasteiger partial charge in [-0.15, -0.1) is 0 Å². The first kappa shape index (κ1) is 12.1. The molecular weight excluding hydrogens is 164 g/mol. The maximum atomic E-state index is 5.52. The van der Waals surface area contributed by atoms with E-state index < -0.39 is 0 Å². The summed E-state index contributed by atoms with van der Waals surface area (Å²) in [7, 11) is 0. The first-order valence-electron chi connectivity index (χ1n) is 4.83. The second-order valence-electron chi connectivity index (χ2n) is 4.80. The molecule has 0 aliphatic heterocycles. The highest BCUT2D eigenvalue weighted by Crippen LogP contribution is 2.35. The van der Waals surface area contributed by atoms with E-state index in [0.29, 0.717) is 0 Å². The Morgan fingerprint density at radius 2 is 1.17 bits per heavy atom. The van der Waals surface area contributed by atoms with Crippen LogP contribution in [0.3, 0.4) is 0 Å². The molecule has 72 valence electrons. The van der Waals surface area contributed by atoms with Crippen LogP contribution in [0.5, 0.6) is 0 Å². The van der Waals surface area contributed by atoms with Crippen molar-refractivity contribution in [2.24, 2.45) is 10.8 Å². The van der Waals surface area contributed by atoms with Crippen LogP contribution in [0.2, 0.25) is 0 Å². The Morgan fingerprint density at radius 3 is 1.33 bits per heavy atom. The Kier molecular flexibility index (Phi) is 3.89. The van der Waals surface area contributed by atoms with Crippen LogP contribution in [0.4, 0.5) is 0 Å². The maximum absolute atomic E-state index is 5.52. The molecule has 0 N–H and O–H groups in total. The highest BCUT2D eigenvalue weighted by Gasteiger charge is 2.32. The van der Waals surface area contributed by atoms with Crippen LogP contribution in [-0.2, 0) is 0 Å². The van der Waals surface area contributed by atoms with Crippen LogP contribution in [-0.4, -0.2) is 4.86 Å². The predicted octanol–water partition coefficient (Wildman–Crippen LogP) is 4.23. The van der Waals surface area contributed by atoms with E-state index in [-0.39, 0.29) is 10.8 Å². The lowest BCUT2D eigenvalue weighted by atomic mass is 9.72. The van der Waals surface area contributed by atoms with E-state index in [1.807, 2.05) is 0 Å². The van der Waals surface area contributed by atoms with Gasteiger partial charge >= 0.3 is 0 Å². The topological polar surface area (TPSA) is 0 Å². The minimum Gasteiger partial charge on any atom is -0.0885 e. The molecule has 0 radical (unpaired) electrons. The number of rotatable bonds is 4. The zero-order chi connectivity index (χ0) is 9.99. The van der Waals surface area contributed by atoms with E-state index >= 15 is 0 Å². The lowest BCUT2D eigenvalue weighted by Crippen LogP contribution is -2.34. The van der Waals surface area contributed by atoms with Crippen molar-refractivity contribution >= 4 is 17.1 Å². The van der Waals surface area contributed by atoms with Crippen molar-refractivity contribution in [2.45, 2.75) is 54.4 Å². The molecule has 0 atom stereocenters. The van der Waals surface area contributed by atoms with Crippen LogP contribution < -0.4 is 0 Å². The van der Waals surface area contributed by atoms with Gasteiger partial charge in [0.05, 0.1) is 0 Å². The molecule has 0 saturated carbocycles. The van der Waals surface area contributed by atoms with Crippen LogP contribution in [0, 0.1) is 10.8 Å². The Morgan fingerprint density at radius 1 is 0.917 bits per heavy atom. The van der Waals surface area contributed by atoms with E-state index in [4.69, 9.17) is 12.2 Å². The second-order valence-corrected chi connectivity index (χ2v) is 5.21. The molecule has 0 aromatic carbocycles. The molecule has 0 fully saturated rings. The van der Waals surface area contributed by atoms with Crippen molar-refractivity contribution < 1.29 is 0 Å². The summed E-state index contributed by atoms with van der Waals surface area (Å²) >= 11 is 5.52. The zero-order valence-electron chi connectivity index (χ0n) is 9.32. The molecule has 0 heterocycles. The number of hydrogen-bond donors (Lipinski definition) is 0. The molecule has 0 aliphatic rings. The predicted molar refractivity (Wildman–Crippen MR) is 60.7 cm³/mol. The lowest BCUT2D eigenvalue weighted by Gasteiger charge is -2.35. The lowest BCUT2D eigenvalue weighted by molar-refractivity contribution is 0.415. The van der Waals surface area contributed by atoms with Gasteiger partial charge in [0, 0.05) is 4.86 Å². The summed E-state index contributed by atoms with van der Waals surface area (Å²) in [5, 5.41) is 0. The highest BCUT2D eigenvalue weighted by atomic mass is 32.1. The smallest absolute Gasteiger partial charge is 0.00407 e.